The highest BCUT2D eigenvalue weighted by molar-refractivity contribution is 5.92. The van der Waals surface area contributed by atoms with E-state index < -0.39 is 12.1 Å². The fourth-order valence-corrected chi connectivity index (χ4v) is 5.95. The van der Waals surface area contributed by atoms with E-state index in [1.54, 1.807) is 16.5 Å². The minimum absolute atomic E-state index is 0.0105. The van der Waals surface area contributed by atoms with E-state index in [4.69, 9.17) is 14.5 Å². The fourth-order valence-electron chi connectivity index (χ4n) is 5.95. The Morgan fingerprint density at radius 3 is 2.48 bits per heavy atom. The maximum Gasteiger partial charge on any atom is 0.289 e. The minimum Gasteiger partial charge on any atom is -0.456 e. The summed E-state index contributed by atoms with van der Waals surface area (Å²) in [6.45, 7) is 11.7. The number of nitrogens with zero attached hydrogens (tertiary/aromatic N) is 5. The largest absolute Gasteiger partial charge is 0.456 e. The first-order chi connectivity index (χ1) is 21.2. The van der Waals surface area contributed by atoms with Gasteiger partial charge in [-0.2, -0.15) is 5.10 Å². The molecule has 0 aliphatic carbocycles. The molecule has 1 aromatic carbocycles. The number of nitrogens with one attached hydrogen (secondary N) is 2. The Labute approximate surface area is 259 Å². The van der Waals surface area contributed by atoms with Crippen LogP contribution in [0, 0.1) is 5.92 Å². The van der Waals surface area contributed by atoms with Crippen molar-refractivity contribution in [3.05, 3.63) is 59.3 Å². The van der Waals surface area contributed by atoms with Gasteiger partial charge in [-0.05, 0) is 51.3 Å². The van der Waals surface area contributed by atoms with E-state index in [0.717, 1.165) is 36.5 Å². The van der Waals surface area contributed by atoms with Crippen LogP contribution in [0.1, 0.15) is 87.1 Å². The van der Waals surface area contributed by atoms with Crippen LogP contribution in [-0.2, 0) is 29.1 Å². The zero-order chi connectivity index (χ0) is 31.2. The smallest absolute Gasteiger partial charge is 0.289 e. The third-order valence-corrected chi connectivity index (χ3v) is 8.47. The normalized spacial score (nSPS) is 20.7. The topological polar surface area (TPSA) is 126 Å². The molecule has 11 heteroatoms. The van der Waals surface area contributed by atoms with Gasteiger partial charge in [-0.1, -0.05) is 51.1 Å². The van der Waals surface area contributed by atoms with E-state index >= 15 is 0 Å². The summed E-state index contributed by atoms with van der Waals surface area (Å²) < 4.78 is 7.95. The Morgan fingerprint density at radius 2 is 1.77 bits per heavy atom. The number of amides is 3. The van der Waals surface area contributed by atoms with Crippen LogP contribution in [0.15, 0.2) is 40.8 Å². The van der Waals surface area contributed by atoms with Crippen molar-refractivity contribution in [1.82, 2.24) is 35.2 Å². The lowest BCUT2D eigenvalue weighted by atomic mass is 10.0. The maximum atomic E-state index is 14.0. The molecular weight excluding hydrogens is 558 g/mol. The molecule has 1 fully saturated rings. The third-order valence-electron chi connectivity index (χ3n) is 8.47. The molecule has 0 unspecified atom stereocenters. The zero-order valence-electron chi connectivity index (χ0n) is 26.3. The molecule has 2 aromatic heterocycles. The number of carbonyl (C=O) groups is 3. The first-order valence-corrected chi connectivity index (χ1v) is 16.0. The average molecular weight is 604 g/mol. The van der Waals surface area contributed by atoms with Gasteiger partial charge in [-0.3, -0.25) is 19.3 Å². The second kappa shape index (κ2) is 14.2. The molecule has 0 saturated carbocycles. The lowest BCUT2D eigenvalue weighted by Crippen LogP contribution is -2.47. The van der Waals surface area contributed by atoms with Crippen LogP contribution in [0.4, 0.5) is 0 Å². The van der Waals surface area contributed by atoms with Crippen LogP contribution in [-0.4, -0.2) is 74.5 Å². The van der Waals surface area contributed by atoms with Gasteiger partial charge in [0.2, 0.25) is 11.8 Å². The van der Waals surface area contributed by atoms with Gasteiger partial charge in [0.1, 0.15) is 11.8 Å². The SMILES string of the molecule is CCc1oc(C(=O)N2CCCC(=O)N[C@H](C)C(=O)N[C@@H](C(C)C)c3nc(-c4ccccc4)nn3CC2)cc1CN1CCCC1. The van der Waals surface area contributed by atoms with Crippen molar-refractivity contribution in [3.8, 4) is 11.4 Å². The van der Waals surface area contributed by atoms with Crippen molar-refractivity contribution in [2.45, 2.75) is 85.0 Å². The van der Waals surface area contributed by atoms with Gasteiger partial charge in [0, 0.05) is 43.6 Å². The van der Waals surface area contributed by atoms with Crippen molar-refractivity contribution < 1.29 is 18.8 Å². The van der Waals surface area contributed by atoms with Crippen LogP contribution in [0.3, 0.4) is 0 Å². The maximum absolute atomic E-state index is 14.0. The third kappa shape index (κ3) is 7.38. The molecule has 3 aromatic rings. The van der Waals surface area contributed by atoms with Crippen molar-refractivity contribution >= 4 is 17.7 Å². The fraction of sp³-hybridized carbons (Fsp3) is 0.545. The van der Waals surface area contributed by atoms with E-state index in [1.807, 2.05) is 57.2 Å². The van der Waals surface area contributed by atoms with Crippen LogP contribution in [0.2, 0.25) is 0 Å². The monoisotopic (exact) mass is 603 g/mol. The van der Waals surface area contributed by atoms with Crippen molar-refractivity contribution in [2.75, 3.05) is 26.2 Å². The Bertz CT molecular complexity index is 1440. The predicted molar refractivity (Wildman–Crippen MR) is 167 cm³/mol. The number of rotatable bonds is 6. The highest BCUT2D eigenvalue weighted by Gasteiger charge is 2.30. The molecule has 44 heavy (non-hydrogen) atoms. The second-order valence-electron chi connectivity index (χ2n) is 12.2. The van der Waals surface area contributed by atoms with Gasteiger partial charge >= 0.3 is 0 Å². The quantitative estimate of drug-likeness (QED) is 0.437. The van der Waals surface area contributed by atoms with Gasteiger partial charge in [0.15, 0.2) is 17.4 Å². The van der Waals surface area contributed by atoms with Gasteiger partial charge in [0.05, 0.1) is 12.6 Å². The van der Waals surface area contributed by atoms with Gasteiger partial charge in [0.25, 0.3) is 5.91 Å². The molecule has 0 bridgehead atoms. The molecule has 3 amide bonds. The number of aromatic nitrogens is 3. The summed E-state index contributed by atoms with van der Waals surface area (Å²) in [5, 5.41) is 10.7. The molecule has 11 nitrogen and oxygen atoms in total. The predicted octanol–water partition coefficient (Wildman–Crippen LogP) is 3.95. The lowest BCUT2D eigenvalue weighted by Gasteiger charge is -2.26. The van der Waals surface area contributed by atoms with Crippen LogP contribution in [0.5, 0.6) is 0 Å². The Balaban J connectivity index is 1.46. The average Bonchev–Trinajstić information content (AvgIpc) is 3.77. The molecule has 2 N–H and O–H groups in total. The number of hydrogen-bond acceptors (Lipinski definition) is 7. The molecule has 0 spiro atoms. The Hall–Kier alpha value is -3.99. The summed E-state index contributed by atoms with van der Waals surface area (Å²) in [6, 6.07) is 10.4. The highest BCUT2D eigenvalue weighted by atomic mass is 16.4. The minimum atomic E-state index is -0.723. The van der Waals surface area contributed by atoms with Crippen molar-refractivity contribution in [2.24, 2.45) is 5.92 Å². The molecule has 2 atom stereocenters. The number of furan rings is 1. The molecule has 1 saturated heterocycles. The summed E-state index contributed by atoms with van der Waals surface area (Å²) in [5.41, 5.74) is 1.93. The van der Waals surface area contributed by atoms with E-state index in [2.05, 4.69) is 15.5 Å². The van der Waals surface area contributed by atoms with Crippen LogP contribution >= 0.6 is 0 Å². The number of benzene rings is 1. The number of aryl methyl sites for hydroxylation is 1. The van der Waals surface area contributed by atoms with Crippen molar-refractivity contribution in [1.29, 1.82) is 0 Å². The molecule has 2 aliphatic heterocycles. The second-order valence-corrected chi connectivity index (χ2v) is 12.2. The first kappa shape index (κ1) is 31.4. The van der Waals surface area contributed by atoms with E-state index in [0.29, 0.717) is 49.9 Å². The summed E-state index contributed by atoms with van der Waals surface area (Å²) in [4.78, 5) is 48.9. The van der Waals surface area contributed by atoms with Gasteiger partial charge < -0.3 is 20.0 Å². The number of fused-ring (bicyclic) bond motifs is 1. The highest BCUT2D eigenvalue weighted by Crippen LogP contribution is 2.25. The number of hydrogen-bond donors (Lipinski definition) is 2. The summed E-state index contributed by atoms with van der Waals surface area (Å²) in [5.74, 6) is 1.60. The molecule has 2 aliphatic rings. The van der Waals surface area contributed by atoms with Crippen molar-refractivity contribution in [3.63, 3.8) is 0 Å². The van der Waals surface area contributed by atoms with E-state index in [9.17, 15) is 14.4 Å². The molecule has 4 heterocycles. The number of likely N-dealkylation sites (tertiary alicyclic amines) is 1. The lowest BCUT2D eigenvalue weighted by molar-refractivity contribution is -0.129. The summed E-state index contributed by atoms with van der Waals surface area (Å²) in [7, 11) is 0. The van der Waals surface area contributed by atoms with E-state index in [-0.39, 0.29) is 30.1 Å². The molecule has 0 radical (unpaired) electrons. The molecule has 236 valence electrons. The van der Waals surface area contributed by atoms with E-state index in [1.165, 1.54) is 12.8 Å². The summed E-state index contributed by atoms with van der Waals surface area (Å²) in [6.07, 6.45) is 3.75. The Kier molecular flexibility index (Phi) is 10.1. The Morgan fingerprint density at radius 1 is 1.02 bits per heavy atom. The summed E-state index contributed by atoms with van der Waals surface area (Å²) >= 11 is 0. The van der Waals surface area contributed by atoms with Crippen LogP contribution in [0.25, 0.3) is 11.4 Å². The molecule has 5 rings (SSSR count). The standard InChI is InChI=1S/C33H45N7O4/c1-5-26-25(21-38-15-9-10-16-38)20-27(44-26)33(43)39-17-11-14-28(41)34-23(4)32(42)35-29(22(2)3)31-36-30(37-40(31)19-18-39)24-12-7-6-8-13-24/h6-8,12-13,20,22-23,29H,5,9-11,14-19,21H2,1-4H3,(H,34,41)(H,35,42)/t23-,29+/m1/s1. The zero-order valence-corrected chi connectivity index (χ0v) is 26.3. The number of carbonyl (C=O) groups excluding carboxylic acids is 3. The molecular formula is C33H45N7O4. The van der Waals surface area contributed by atoms with Crippen LogP contribution < -0.4 is 10.6 Å². The van der Waals surface area contributed by atoms with Gasteiger partial charge in [-0.25, -0.2) is 9.67 Å². The van der Waals surface area contributed by atoms with Gasteiger partial charge in [-0.15, -0.1) is 0 Å². The first-order valence-electron chi connectivity index (χ1n) is 16.0.